The van der Waals surface area contributed by atoms with E-state index < -0.39 is 0 Å². The van der Waals surface area contributed by atoms with Crippen LogP contribution in [0.25, 0.3) is 10.9 Å². The first-order chi connectivity index (χ1) is 14.9. The Hall–Kier alpha value is -3.22. The number of fused-ring (bicyclic) bond motifs is 1. The first kappa shape index (κ1) is 21.0. The van der Waals surface area contributed by atoms with Gasteiger partial charge in [-0.1, -0.05) is 29.3 Å². The van der Waals surface area contributed by atoms with E-state index in [0.717, 1.165) is 0 Å². The number of rotatable bonds is 5. The van der Waals surface area contributed by atoms with Gasteiger partial charge in [-0.25, -0.2) is 4.39 Å². The quantitative estimate of drug-likeness (QED) is 0.394. The molecule has 1 amide bonds. The lowest BCUT2D eigenvalue weighted by molar-refractivity contribution is 0.0950. The van der Waals surface area contributed by atoms with Gasteiger partial charge in [0.15, 0.2) is 0 Å². The topological polar surface area (TPSA) is 64.1 Å². The van der Waals surface area contributed by atoms with E-state index in [4.69, 9.17) is 27.9 Å². The van der Waals surface area contributed by atoms with E-state index >= 15 is 0 Å². The van der Waals surface area contributed by atoms with Crippen LogP contribution in [0, 0.1) is 12.7 Å². The number of aromatic nitrogens is 2. The van der Waals surface area contributed by atoms with E-state index in [2.05, 4.69) is 15.3 Å². The summed E-state index contributed by atoms with van der Waals surface area (Å²) in [6, 6.07) is 11.2. The first-order valence-electron chi connectivity index (χ1n) is 9.32. The third-order valence-electron chi connectivity index (χ3n) is 4.79. The molecule has 2 aromatic heterocycles. The minimum atomic E-state index is -0.374. The van der Waals surface area contributed by atoms with Crippen LogP contribution in [-0.4, -0.2) is 15.9 Å². The summed E-state index contributed by atoms with van der Waals surface area (Å²) in [5, 5.41) is 4.24. The lowest BCUT2D eigenvalue weighted by atomic mass is 10.1. The molecular weight excluding hydrogens is 440 g/mol. The molecule has 0 bridgehead atoms. The molecule has 0 saturated carbocycles. The molecule has 0 unspecified atom stereocenters. The molecule has 5 nitrogen and oxygen atoms in total. The smallest absolute Gasteiger partial charge is 0.251 e. The summed E-state index contributed by atoms with van der Waals surface area (Å²) in [5.41, 5.74) is 2.17. The third kappa shape index (κ3) is 4.45. The highest BCUT2D eigenvalue weighted by Crippen LogP contribution is 2.32. The Bertz CT molecular complexity index is 1280. The molecular formula is C23H16Cl2FN3O2. The number of carbonyl (C=O) groups is 1. The number of amides is 1. The van der Waals surface area contributed by atoms with Crippen molar-refractivity contribution in [2.24, 2.45) is 0 Å². The minimum absolute atomic E-state index is 0.157. The third-order valence-corrected chi connectivity index (χ3v) is 5.44. The van der Waals surface area contributed by atoms with Crippen LogP contribution in [0.15, 0.2) is 61.1 Å². The summed E-state index contributed by atoms with van der Waals surface area (Å²) >= 11 is 12.2. The van der Waals surface area contributed by atoms with Crippen LogP contribution in [0.2, 0.25) is 10.0 Å². The number of nitrogens with one attached hydrogen (secondary N) is 1. The number of ether oxygens (including phenoxy) is 1. The number of hydrogen-bond acceptors (Lipinski definition) is 4. The number of pyridine rings is 2. The standard InChI is InChI=1S/C23H16Cl2FN3O2/c1-13-15(23(30)29-10-17-18(24)11-27-12-19(17)25)3-2-4-21(13)31-22-7-8-28-20-9-14(26)5-6-16(20)22/h2-9,11-12H,10H2,1H3,(H,29,30). The average Bonchev–Trinajstić information content (AvgIpc) is 2.74. The van der Waals surface area contributed by atoms with Gasteiger partial charge in [0.2, 0.25) is 0 Å². The Kier molecular flexibility index (Phi) is 6.02. The van der Waals surface area contributed by atoms with Crippen molar-refractivity contribution in [3.8, 4) is 11.5 Å². The van der Waals surface area contributed by atoms with Crippen LogP contribution in [0.3, 0.4) is 0 Å². The van der Waals surface area contributed by atoms with E-state index in [1.807, 2.05) is 0 Å². The molecule has 0 aliphatic rings. The number of halogens is 3. The van der Waals surface area contributed by atoms with E-state index in [9.17, 15) is 9.18 Å². The lowest BCUT2D eigenvalue weighted by Crippen LogP contribution is -2.24. The van der Waals surface area contributed by atoms with Crippen molar-refractivity contribution in [1.82, 2.24) is 15.3 Å². The Morgan fingerprint density at radius 2 is 1.87 bits per heavy atom. The molecule has 0 radical (unpaired) electrons. The van der Waals surface area contributed by atoms with Crippen molar-refractivity contribution in [2.45, 2.75) is 13.5 Å². The summed E-state index contributed by atoms with van der Waals surface area (Å²) in [6.07, 6.45) is 4.49. The summed E-state index contributed by atoms with van der Waals surface area (Å²) < 4.78 is 19.6. The zero-order chi connectivity index (χ0) is 22.0. The Balaban J connectivity index is 1.58. The van der Waals surface area contributed by atoms with Crippen molar-refractivity contribution in [3.63, 3.8) is 0 Å². The molecule has 0 saturated heterocycles. The van der Waals surface area contributed by atoms with Gasteiger partial charge < -0.3 is 10.1 Å². The van der Waals surface area contributed by atoms with Crippen molar-refractivity contribution in [1.29, 1.82) is 0 Å². The molecule has 2 aromatic carbocycles. The van der Waals surface area contributed by atoms with Gasteiger partial charge in [0.05, 0.1) is 15.6 Å². The van der Waals surface area contributed by atoms with E-state index in [1.165, 1.54) is 24.5 Å². The largest absolute Gasteiger partial charge is 0.456 e. The maximum absolute atomic E-state index is 13.5. The number of benzene rings is 2. The highest BCUT2D eigenvalue weighted by molar-refractivity contribution is 6.35. The maximum Gasteiger partial charge on any atom is 0.251 e. The Morgan fingerprint density at radius 1 is 1.10 bits per heavy atom. The fourth-order valence-corrected chi connectivity index (χ4v) is 3.64. The lowest BCUT2D eigenvalue weighted by Gasteiger charge is -2.14. The molecule has 0 aliphatic heterocycles. The van der Waals surface area contributed by atoms with Gasteiger partial charge >= 0.3 is 0 Å². The van der Waals surface area contributed by atoms with Crippen LogP contribution in [-0.2, 0) is 6.54 Å². The summed E-state index contributed by atoms with van der Waals surface area (Å²) in [7, 11) is 0. The fraction of sp³-hybridized carbons (Fsp3) is 0.0870. The molecule has 1 N–H and O–H groups in total. The van der Waals surface area contributed by atoms with E-state index in [1.54, 1.807) is 43.5 Å². The predicted molar refractivity (Wildman–Crippen MR) is 118 cm³/mol. The van der Waals surface area contributed by atoms with Crippen molar-refractivity contribution < 1.29 is 13.9 Å². The van der Waals surface area contributed by atoms with Crippen molar-refractivity contribution >= 4 is 40.0 Å². The molecule has 4 rings (SSSR count). The highest BCUT2D eigenvalue weighted by Gasteiger charge is 2.15. The molecule has 4 aromatic rings. The Labute approximate surface area is 187 Å². The van der Waals surface area contributed by atoms with Gasteiger partial charge in [-0.2, -0.15) is 0 Å². The second-order valence-corrected chi connectivity index (χ2v) is 7.58. The predicted octanol–water partition coefficient (Wildman–Crippen LogP) is 6.11. The summed E-state index contributed by atoms with van der Waals surface area (Å²) in [6.45, 7) is 1.95. The van der Waals surface area contributed by atoms with Gasteiger partial charge in [0.25, 0.3) is 5.91 Å². The van der Waals surface area contributed by atoms with E-state index in [0.29, 0.717) is 49.1 Å². The van der Waals surface area contributed by atoms with Crippen LogP contribution in [0.4, 0.5) is 4.39 Å². The minimum Gasteiger partial charge on any atom is -0.456 e. The van der Waals surface area contributed by atoms with Gasteiger partial charge in [0.1, 0.15) is 17.3 Å². The first-order valence-corrected chi connectivity index (χ1v) is 10.1. The van der Waals surface area contributed by atoms with Crippen LogP contribution >= 0.6 is 23.2 Å². The zero-order valence-corrected chi connectivity index (χ0v) is 17.8. The molecule has 8 heteroatoms. The van der Waals surface area contributed by atoms with Gasteiger partial charge in [0, 0.05) is 53.3 Å². The highest BCUT2D eigenvalue weighted by atomic mass is 35.5. The van der Waals surface area contributed by atoms with Crippen LogP contribution < -0.4 is 10.1 Å². The molecule has 2 heterocycles. The summed E-state index contributed by atoms with van der Waals surface area (Å²) in [4.78, 5) is 20.9. The van der Waals surface area contributed by atoms with Crippen LogP contribution in [0.1, 0.15) is 21.5 Å². The molecule has 0 atom stereocenters. The van der Waals surface area contributed by atoms with Crippen LogP contribution in [0.5, 0.6) is 11.5 Å². The number of hydrogen-bond donors (Lipinski definition) is 1. The van der Waals surface area contributed by atoms with E-state index in [-0.39, 0.29) is 18.3 Å². The molecule has 156 valence electrons. The number of carbonyl (C=O) groups excluding carboxylic acids is 1. The average molecular weight is 456 g/mol. The maximum atomic E-state index is 13.5. The molecule has 0 aliphatic carbocycles. The molecule has 0 fully saturated rings. The second-order valence-electron chi connectivity index (χ2n) is 6.77. The summed E-state index contributed by atoms with van der Waals surface area (Å²) in [5.74, 6) is 0.348. The van der Waals surface area contributed by atoms with Gasteiger partial charge in [-0.3, -0.25) is 14.8 Å². The molecule has 31 heavy (non-hydrogen) atoms. The van der Waals surface area contributed by atoms with Crippen molar-refractivity contribution in [2.75, 3.05) is 0 Å². The second kappa shape index (κ2) is 8.88. The fourth-order valence-electron chi connectivity index (χ4n) is 3.14. The monoisotopic (exact) mass is 455 g/mol. The normalized spacial score (nSPS) is 10.8. The van der Waals surface area contributed by atoms with Gasteiger partial charge in [-0.05, 0) is 37.3 Å². The Morgan fingerprint density at radius 3 is 2.65 bits per heavy atom. The zero-order valence-electron chi connectivity index (χ0n) is 16.3. The SMILES string of the molecule is Cc1c(Oc2ccnc3cc(F)ccc23)cccc1C(=O)NCc1c(Cl)cncc1Cl. The molecule has 0 spiro atoms. The number of nitrogens with zero attached hydrogens (tertiary/aromatic N) is 2. The van der Waals surface area contributed by atoms with Crippen molar-refractivity contribution in [3.05, 3.63) is 93.6 Å². The van der Waals surface area contributed by atoms with Gasteiger partial charge in [-0.15, -0.1) is 0 Å².